The molecule has 0 bridgehead atoms. The predicted molar refractivity (Wildman–Crippen MR) is 71.2 cm³/mol. The fraction of sp³-hybridized carbons (Fsp3) is 0.667. The minimum absolute atomic E-state index is 0.0887. The number of hydrogen-bond donors (Lipinski definition) is 2. The third-order valence-electron chi connectivity index (χ3n) is 3.45. The number of hydrogen-bond acceptors (Lipinski definition) is 4. The van der Waals surface area contributed by atoms with E-state index < -0.39 is 0 Å². The fourth-order valence-corrected chi connectivity index (χ4v) is 2.72. The maximum absolute atomic E-state index is 7.70. The normalized spacial score (nSPS) is 19.5. The van der Waals surface area contributed by atoms with E-state index >= 15 is 0 Å². The van der Waals surface area contributed by atoms with Crippen molar-refractivity contribution < 1.29 is 4.74 Å². The van der Waals surface area contributed by atoms with Gasteiger partial charge in [0.2, 0.25) is 0 Å². The van der Waals surface area contributed by atoms with Crippen molar-refractivity contribution in [2.24, 2.45) is 18.7 Å². The summed E-state index contributed by atoms with van der Waals surface area (Å²) in [5, 5.41) is 12.1. The van der Waals surface area contributed by atoms with E-state index in [1.807, 2.05) is 18.7 Å². The lowest BCUT2D eigenvalue weighted by molar-refractivity contribution is 0.161. The topological polar surface area (TPSA) is 80.2 Å². The van der Waals surface area contributed by atoms with Crippen LogP contribution < -0.4 is 10.6 Å². The van der Waals surface area contributed by atoms with Gasteiger partial charge in [0.25, 0.3) is 0 Å². The van der Waals surface area contributed by atoms with E-state index in [2.05, 4.69) is 10.00 Å². The highest BCUT2D eigenvalue weighted by Gasteiger charge is 2.28. The predicted octanol–water partition coefficient (Wildman–Crippen LogP) is 0.485. The van der Waals surface area contributed by atoms with Crippen molar-refractivity contribution in [2.75, 3.05) is 31.7 Å². The highest BCUT2D eigenvalue weighted by atomic mass is 16.5. The highest BCUT2D eigenvalue weighted by molar-refractivity contribution is 6.01. The molecule has 1 atom stereocenters. The Labute approximate surface area is 107 Å². The zero-order valence-corrected chi connectivity index (χ0v) is 11.2. The minimum atomic E-state index is 0.0887. The first kappa shape index (κ1) is 12.9. The number of methoxy groups -OCH3 is 1. The van der Waals surface area contributed by atoms with E-state index in [1.54, 1.807) is 7.11 Å². The molecule has 1 fully saturated rings. The number of nitrogens with one attached hydrogen (secondary N) is 1. The summed E-state index contributed by atoms with van der Waals surface area (Å²) in [6.45, 7) is 4.58. The second-order valence-corrected chi connectivity index (χ2v) is 4.88. The van der Waals surface area contributed by atoms with Crippen LogP contribution in [0.1, 0.15) is 17.7 Å². The van der Waals surface area contributed by atoms with Crippen LogP contribution in [-0.2, 0) is 11.8 Å². The van der Waals surface area contributed by atoms with Crippen molar-refractivity contribution in [3.05, 3.63) is 11.3 Å². The van der Waals surface area contributed by atoms with Crippen LogP contribution in [0.15, 0.2) is 0 Å². The molecule has 6 heteroatoms. The number of nitrogens with two attached hydrogens (primary N) is 1. The molecule has 2 heterocycles. The SMILES string of the molecule is COCC1CCN(c2c(C(=N)N)c(C)nn2C)C1. The lowest BCUT2D eigenvalue weighted by atomic mass is 10.1. The van der Waals surface area contributed by atoms with Crippen LogP contribution in [0, 0.1) is 18.3 Å². The minimum Gasteiger partial charge on any atom is -0.384 e. The second-order valence-electron chi connectivity index (χ2n) is 4.88. The molecule has 0 radical (unpaired) electrons. The summed E-state index contributed by atoms with van der Waals surface area (Å²) in [6.07, 6.45) is 1.11. The zero-order valence-electron chi connectivity index (χ0n) is 11.2. The molecule has 100 valence electrons. The maximum Gasteiger partial charge on any atom is 0.137 e. The fourth-order valence-electron chi connectivity index (χ4n) is 2.72. The molecule has 0 aromatic carbocycles. The lowest BCUT2D eigenvalue weighted by Gasteiger charge is -2.20. The first-order valence-corrected chi connectivity index (χ1v) is 6.16. The Morgan fingerprint density at radius 3 is 2.94 bits per heavy atom. The standard InChI is InChI=1S/C12H21N5O/c1-8-10(11(13)14)12(16(2)15-8)17-5-4-9(6-17)7-18-3/h9H,4-7H2,1-3H3,(H3,13,14). The molecule has 18 heavy (non-hydrogen) atoms. The molecule has 1 saturated heterocycles. The van der Waals surface area contributed by atoms with Crippen LogP contribution in [0.3, 0.4) is 0 Å². The van der Waals surface area contributed by atoms with Gasteiger partial charge in [-0.25, -0.2) is 0 Å². The molecule has 1 aromatic heterocycles. The van der Waals surface area contributed by atoms with Gasteiger partial charge in [0, 0.05) is 33.2 Å². The van der Waals surface area contributed by atoms with Crippen molar-refractivity contribution in [3.63, 3.8) is 0 Å². The maximum atomic E-state index is 7.70. The molecule has 1 aromatic rings. The van der Waals surface area contributed by atoms with Gasteiger partial charge in [-0.05, 0) is 13.3 Å². The third kappa shape index (κ3) is 2.20. The van der Waals surface area contributed by atoms with Crippen LogP contribution in [0.2, 0.25) is 0 Å². The van der Waals surface area contributed by atoms with Crippen molar-refractivity contribution >= 4 is 11.7 Å². The van der Waals surface area contributed by atoms with Crippen LogP contribution >= 0.6 is 0 Å². The number of nitrogen functional groups attached to an aromatic ring is 1. The number of nitrogens with zero attached hydrogens (tertiary/aromatic N) is 3. The number of rotatable bonds is 4. The molecule has 1 aliphatic rings. The van der Waals surface area contributed by atoms with Gasteiger partial charge in [-0.1, -0.05) is 0 Å². The number of aromatic nitrogens is 2. The van der Waals surface area contributed by atoms with Gasteiger partial charge in [0.15, 0.2) is 0 Å². The molecular formula is C12H21N5O. The summed E-state index contributed by atoms with van der Waals surface area (Å²) in [5.41, 5.74) is 7.24. The first-order chi connectivity index (χ1) is 8.54. The molecule has 2 rings (SSSR count). The average Bonchev–Trinajstić information content (AvgIpc) is 2.83. The van der Waals surface area contributed by atoms with Crippen LogP contribution in [-0.4, -0.2) is 42.4 Å². The molecule has 1 unspecified atom stereocenters. The van der Waals surface area contributed by atoms with Gasteiger partial charge in [0.1, 0.15) is 11.7 Å². The van der Waals surface area contributed by atoms with E-state index in [-0.39, 0.29) is 5.84 Å². The number of aryl methyl sites for hydroxylation is 2. The Bertz CT molecular complexity index is 454. The molecule has 0 spiro atoms. The summed E-state index contributed by atoms with van der Waals surface area (Å²) in [6, 6.07) is 0. The zero-order chi connectivity index (χ0) is 13.3. The number of anilines is 1. The Hall–Kier alpha value is -1.56. The molecule has 3 N–H and O–H groups in total. The lowest BCUT2D eigenvalue weighted by Crippen LogP contribution is -2.26. The van der Waals surface area contributed by atoms with Crippen molar-refractivity contribution in [2.45, 2.75) is 13.3 Å². The van der Waals surface area contributed by atoms with Crippen LogP contribution in [0.4, 0.5) is 5.82 Å². The third-order valence-corrected chi connectivity index (χ3v) is 3.45. The van der Waals surface area contributed by atoms with E-state index in [9.17, 15) is 0 Å². The molecule has 0 aliphatic carbocycles. The van der Waals surface area contributed by atoms with Crippen molar-refractivity contribution in [3.8, 4) is 0 Å². The Balaban J connectivity index is 2.26. The van der Waals surface area contributed by atoms with Crippen LogP contribution in [0.25, 0.3) is 0 Å². The van der Waals surface area contributed by atoms with Gasteiger partial charge >= 0.3 is 0 Å². The van der Waals surface area contributed by atoms with Crippen LogP contribution in [0.5, 0.6) is 0 Å². The summed E-state index contributed by atoms with van der Waals surface area (Å²) < 4.78 is 7.03. The largest absolute Gasteiger partial charge is 0.384 e. The van der Waals surface area contributed by atoms with Gasteiger partial charge in [-0.2, -0.15) is 5.10 Å². The Kier molecular flexibility index (Phi) is 3.56. The van der Waals surface area contributed by atoms with Crippen molar-refractivity contribution in [1.82, 2.24) is 9.78 Å². The quantitative estimate of drug-likeness (QED) is 0.602. The first-order valence-electron chi connectivity index (χ1n) is 6.16. The molecular weight excluding hydrogens is 230 g/mol. The van der Waals surface area contributed by atoms with Gasteiger partial charge in [-0.15, -0.1) is 0 Å². The van der Waals surface area contributed by atoms with E-state index in [4.69, 9.17) is 15.9 Å². The molecule has 6 nitrogen and oxygen atoms in total. The number of amidine groups is 1. The molecule has 0 amide bonds. The Morgan fingerprint density at radius 2 is 2.33 bits per heavy atom. The molecule has 1 aliphatic heterocycles. The van der Waals surface area contributed by atoms with Gasteiger partial charge in [-0.3, -0.25) is 10.1 Å². The summed E-state index contributed by atoms with van der Waals surface area (Å²) >= 11 is 0. The summed E-state index contributed by atoms with van der Waals surface area (Å²) in [7, 11) is 3.64. The van der Waals surface area contributed by atoms with E-state index in [1.165, 1.54) is 0 Å². The van der Waals surface area contributed by atoms with Crippen molar-refractivity contribution in [1.29, 1.82) is 5.41 Å². The summed E-state index contributed by atoms with van der Waals surface area (Å²) in [5.74, 6) is 1.59. The van der Waals surface area contributed by atoms with E-state index in [0.29, 0.717) is 5.92 Å². The summed E-state index contributed by atoms with van der Waals surface area (Å²) in [4.78, 5) is 2.25. The van der Waals surface area contributed by atoms with Gasteiger partial charge in [0.05, 0.1) is 17.9 Å². The van der Waals surface area contributed by atoms with Gasteiger partial charge < -0.3 is 15.4 Å². The Morgan fingerprint density at radius 1 is 1.61 bits per heavy atom. The molecule has 0 saturated carbocycles. The second kappa shape index (κ2) is 4.97. The smallest absolute Gasteiger partial charge is 0.137 e. The monoisotopic (exact) mass is 251 g/mol. The average molecular weight is 251 g/mol. The highest BCUT2D eigenvalue weighted by Crippen LogP contribution is 2.28. The number of ether oxygens (including phenoxy) is 1. The van der Waals surface area contributed by atoms with E-state index in [0.717, 1.165) is 43.2 Å².